The Kier molecular flexibility index (Phi) is 4.04. The highest BCUT2D eigenvalue weighted by Gasteiger charge is 2.32. The molecule has 3 aromatic rings. The second kappa shape index (κ2) is 6.67. The number of pyridine rings is 1. The van der Waals surface area contributed by atoms with Gasteiger partial charge >= 0.3 is 0 Å². The van der Waals surface area contributed by atoms with E-state index in [4.69, 9.17) is 9.97 Å². The quantitative estimate of drug-likeness (QED) is 0.675. The maximum absolute atomic E-state index is 5.01. The Balaban J connectivity index is 1.58. The number of hydrogen-bond acceptors (Lipinski definition) is 4. The molecule has 2 fully saturated rings. The Morgan fingerprint density at radius 1 is 0.885 bits per heavy atom. The highest BCUT2D eigenvalue weighted by molar-refractivity contribution is 5.91. The first-order chi connectivity index (χ1) is 12.9. The summed E-state index contributed by atoms with van der Waals surface area (Å²) in [6.45, 7) is 2.24. The lowest BCUT2D eigenvalue weighted by atomic mass is 9.75. The number of aromatic nitrogens is 3. The largest absolute Gasteiger partial charge is 0.356 e. The van der Waals surface area contributed by atoms with Crippen LogP contribution < -0.4 is 4.90 Å². The average molecular weight is 344 g/mol. The van der Waals surface area contributed by atoms with Gasteiger partial charge in [-0.15, -0.1) is 0 Å². The lowest BCUT2D eigenvalue weighted by Gasteiger charge is -2.42. The maximum atomic E-state index is 5.01. The number of benzene rings is 1. The standard InChI is InChI=1S/C22H24N4/c1-2-7-18-15-26(13-11-16(18)6-1)22-19-9-3-4-10-20(19)24-21(25-22)17-8-5-12-23-14-17/h3-5,8-10,12,14,16,18H,1-2,6-7,11,13,15H2/t16-,18-/m1/s1. The molecule has 1 aliphatic carbocycles. The van der Waals surface area contributed by atoms with Crippen LogP contribution in [0.15, 0.2) is 48.8 Å². The highest BCUT2D eigenvalue weighted by atomic mass is 15.2. The molecule has 0 bridgehead atoms. The van der Waals surface area contributed by atoms with Crippen molar-refractivity contribution in [1.29, 1.82) is 0 Å². The van der Waals surface area contributed by atoms with Gasteiger partial charge in [-0.3, -0.25) is 4.98 Å². The van der Waals surface area contributed by atoms with Crippen molar-refractivity contribution in [3.8, 4) is 11.4 Å². The first-order valence-corrected chi connectivity index (χ1v) is 9.80. The van der Waals surface area contributed by atoms with E-state index >= 15 is 0 Å². The number of nitrogens with zero attached hydrogens (tertiary/aromatic N) is 4. The summed E-state index contributed by atoms with van der Waals surface area (Å²) in [7, 11) is 0. The SMILES string of the molecule is c1cncc(-c2nc(N3CC[C@H]4CCCC[C@@H]4C3)c3ccccc3n2)c1. The highest BCUT2D eigenvalue weighted by Crippen LogP contribution is 2.38. The van der Waals surface area contributed by atoms with Crippen LogP contribution >= 0.6 is 0 Å². The van der Waals surface area contributed by atoms with Gasteiger partial charge in [0, 0.05) is 36.4 Å². The van der Waals surface area contributed by atoms with Crippen molar-refractivity contribution in [2.75, 3.05) is 18.0 Å². The molecule has 1 saturated carbocycles. The van der Waals surface area contributed by atoms with Gasteiger partial charge in [0.05, 0.1) is 5.52 Å². The van der Waals surface area contributed by atoms with Gasteiger partial charge in [0.15, 0.2) is 5.82 Å². The molecule has 26 heavy (non-hydrogen) atoms. The molecule has 1 saturated heterocycles. The maximum Gasteiger partial charge on any atom is 0.163 e. The molecule has 3 heterocycles. The Hall–Kier alpha value is -2.49. The van der Waals surface area contributed by atoms with Gasteiger partial charge in [-0.05, 0) is 48.9 Å². The molecule has 132 valence electrons. The third kappa shape index (κ3) is 2.83. The molecule has 0 N–H and O–H groups in total. The lowest BCUT2D eigenvalue weighted by molar-refractivity contribution is 0.202. The molecule has 4 heteroatoms. The number of anilines is 1. The molecule has 0 unspecified atom stereocenters. The van der Waals surface area contributed by atoms with Gasteiger partial charge in [-0.2, -0.15) is 0 Å². The summed E-state index contributed by atoms with van der Waals surface area (Å²) >= 11 is 0. The summed E-state index contributed by atoms with van der Waals surface area (Å²) in [5, 5.41) is 1.16. The third-order valence-corrected chi connectivity index (χ3v) is 6.09. The molecule has 2 aromatic heterocycles. The Morgan fingerprint density at radius 3 is 2.65 bits per heavy atom. The fourth-order valence-corrected chi connectivity index (χ4v) is 4.72. The van der Waals surface area contributed by atoms with Crippen molar-refractivity contribution in [3.63, 3.8) is 0 Å². The first kappa shape index (κ1) is 15.7. The molecule has 2 aliphatic rings. The first-order valence-electron chi connectivity index (χ1n) is 9.80. The summed E-state index contributed by atoms with van der Waals surface area (Å²) in [5.74, 6) is 3.62. The van der Waals surface area contributed by atoms with Crippen LogP contribution in [-0.2, 0) is 0 Å². The Bertz CT molecular complexity index is 908. The van der Waals surface area contributed by atoms with Crippen molar-refractivity contribution in [2.45, 2.75) is 32.1 Å². The van der Waals surface area contributed by atoms with Crippen molar-refractivity contribution >= 4 is 16.7 Å². The van der Waals surface area contributed by atoms with Crippen LogP contribution in [-0.4, -0.2) is 28.0 Å². The number of para-hydroxylation sites is 1. The number of piperidine rings is 1. The third-order valence-electron chi connectivity index (χ3n) is 6.09. The van der Waals surface area contributed by atoms with Gasteiger partial charge in [-0.1, -0.05) is 31.4 Å². The minimum absolute atomic E-state index is 0.776. The van der Waals surface area contributed by atoms with Crippen LogP contribution in [0.4, 0.5) is 5.82 Å². The van der Waals surface area contributed by atoms with Crippen LogP contribution in [0, 0.1) is 11.8 Å². The van der Waals surface area contributed by atoms with Gasteiger partial charge in [0.2, 0.25) is 0 Å². The molecule has 5 rings (SSSR count). The van der Waals surface area contributed by atoms with E-state index in [1.165, 1.54) is 32.1 Å². The molecule has 1 aliphatic heterocycles. The van der Waals surface area contributed by atoms with Gasteiger partial charge in [-0.25, -0.2) is 9.97 Å². The topological polar surface area (TPSA) is 41.9 Å². The van der Waals surface area contributed by atoms with Crippen molar-refractivity contribution in [1.82, 2.24) is 15.0 Å². The lowest BCUT2D eigenvalue weighted by Crippen LogP contribution is -2.42. The minimum Gasteiger partial charge on any atom is -0.356 e. The molecule has 1 aromatic carbocycles. The van der Waals surface area contributed by atoms with Crippen LogP contribution in [0.1, 0.15) is 32.1 Å². The average Bonchev–Trinajstić information content (AvgIpc) is 2.73. The van der Waals surface area contributed by atoms with Crippen LogP contribution in [0.2, 0.25) is 0 Å². The summed E-state index contributed by atoms with van der Waals surface area (Å²) in [5.41, 5.74) is 1.99. The van der Waals surface area contributed by atoms with E-state index in [0.29, 0.717) is 0 Å². The fourth-order valence-electron chi connectivity index (χ4n) is 4.72. The molecule has 2 atom stereocenters. The monoisotopic (exact) mass is 344 g/mol. The van der Waals surface area contributed by atoms with Crippen LogP contribution in [0.25, 0.3) is 22.3 Å². The molecule has 0 amide bonds. The Labute approximate surface area is 154 Å². The van der Waals surface area contributed by atoms with Crippen molar-refractivity contribution < 1.29 is 0 Å². The molecule has 0 spiro atoms. The summed E-state index contributed by atoms with van der Waals surface area (Å²) in [6.07, 6.45) is 10.5. The van der Waals surface area contributed by atoms with E-state index in [2.05, 4.69) is 34.1 Å². The van der Waals surface area contributed by atoms with Crippen molar-refractivity contribution in [3.05, 3.63) is 48.8 Å². The van der Waals surface area contributed by atoms with E-state index in [9.17, 15) is 0 Å². The van der Waals surface area contributed by atoms with E-state index in [1.54, 1.807) is 6.20 Å². The zero-order valence-corrected chi connectivity index (χ0v) is 15.0. The van der Waals surface area contributed by atoms with E-state index in [-0.39, 0.29) is 0 Å². The Morgan fingerprint density at radius 2 is 1.77 bits per heavy atom. The summed E-state index contributed by atoms with van der Waals surface area (Å²) < 4.78 is 0. The zero-order chi connectivity index (χ0) is 17.3. The van der Waals surface area contributed by atoms with Crippen molar-refractivity contribution in [2.24, 2.45) is 11.8 Å². The second-order valence-electron chi connectivity index (χ2n) is 7.67. The number of rotatable bonds is 2. The zero-order valence-electron chi connectivity index (χ0n) is 15.0. The number of fused-ring (bicyclic) bond motifs is 2. The second-order valence-corrected chi connectivity index (χ2v) is 7.67. The van der Waals surface area contributed by atoms with E-state index < -0.39 is 0 Å². The normalized spacial score (nSPS) is 23.0. The predicted octanol–water partition coefficient (Wildman–Crippen LogP) is 4.71. The summed E-state index contributed by atoms with van der Waals surface area (Å²) in [4.78, 5) is 16.6. The smallest absolute Gasteiger partial charge is 0.163 e. The van der Waals surface area contributed by atoms with E-state index in [1.807, 2.05) is 18.3 Å². The predicted molar refractivity (Wildman–Crippen MR) is 105 cm³/mol. The van der Waals surface area contributed by atoms with E-state index in [0.717, 1.165) is 53.0 Å². The summed E-state index contributed by atoms with van der Waals surface area (Å²) in [6, 6.07) is 12.4. The van der Waals surface area contributed by atoms with Gasteiger partial charge in [0.25, 0.3) is 0 Å². The van der Waals surface area contributed by atoms with Crippen LogP contribution in [0.5, 0.6) is 0 Å². The molecular formula is C22H24N4. The van der Waals surface area contributed by atoms with Gasteiger partial charge < -0.3 is 4.90 Å². The molecular weight excluding hydrogens is 320 g/mol. The molecule has 4 nitrogen and oxygen atoms in total. The van der Waals surface area contributed by atoms with Crippen LogP contribution in [0.3, 0.4) is 0 Å². The fraction of sp³-hybridized carbons (Fsp3) is 0.409. The number of hydrogen-bond donors (Lipinski definition) is 0. The van der Waals surface area contributed by atoms with Gasteiger partial charge in [0.1, 0.15) is 5.82 Å². The molecule has 0 radical (unpaired) electrons. The minimum atomic E-state index is 0.776.